The summed E-state index contributed by atoms with van der Waals surface area (Å²) in [6, 6.07) is 14.0. The predicted molar refractivity (Wildman–Crippen MR) is 122 cm³/mol. The number of benzene rings is 2. The molecule has 0 aliphatic carbocycles. The molecular weight excluding hydrogens is 427 g/mol. The van der Waals surface area contributed by atoms with Gasteiger partial charge in [-0.1, -0.05) is 18.2 Å². The van der Waals surface area contributed by atoms with Crippen LogP contribution in [-0.4, -0.2) is 92.9 Å². The van der Waals surface area contributed by atoms with Gasteiger partial charge in [0.2, 0.25) is 0 Å². The molecule has 0 saturated carbocycles. The summed E-state index contributed by atoms with van der Waals surface area (Å²) in [5, 5.41) is 11.1. The first-order chi connectivity index (χ1) is 16.1. The Balaban J connectivity index is 1.29. The van der Waals surface area contributed by atoms with Gasteiger partial charge < -0.3 is 24.1 Å². The fraction of sp³-hybridized carbons (Fsp3) is 0.520. The van der Waals surface area contributed by atoms with E-state index in [0.717, 1.165) is 44.2 Å². The van der Waals surface area contributed by atoms with Gasteiger partial charge in [0.05, 0.1) is 26.4 Å². The summed E-state index contributed by atoms with van der Waals surface area (Å²) in [6.45, 7) is 7.47. The first-order valence-corrected chi connectivity index (χ1v) is 11.5. The fourth-order valence-corrected chi connectivity index (χ4v) is 4.10. The largest absolute Gasteiger partial charge is 0.492 e. The number of morpholine rings is 1. The first-order valence-electron chi connectivity index (χ1n) is 11.5. The van der Waals surface area contributed by atoms with Crippen LogP contribution in [0.25, 0.3) is 0 Å². The summed E-state index contributed by atoms with van der Waals surface area (Å²) in [5.74, 6) is 0.864. The van der Waals surface area contributed by atoms with Crippen molar-refractivity contribution < 1.29 is 28.4 Å². The van der Waals surface area contributed by atoms with Gasteiger partial charge in [-0.05, 0) is 29.8 Å². The van der Waals surface area contributed by atoms with E-state index in [0.29, 0.717) is 38.6 Å². The summed E-state index contributed by atoms with van der Waals surface area (Å²) in [4.78, 5) is 4.49. The lowest BCUT2D eigenvalue weighted by Crippen LogP contribution is -2.48. The number of ether oxygens (including phenoxy) is 4. The predicted octanol–water partition coefficient (Wildman–Crippen LogP) is 2.18. The van der Waals surface area contributed by atoms with Crippen molar-refractivity contribution in [3.8, 4) is 11.5 Å². The molecular formula is C25H33FN2O5. The Morgan fingerprint density at radius 1 is 0.909 bits per heavy atom. The van der Waals surface area contributed by atoms with Gasteiger partial charge in [0.1, 0.15) is 36.1 Å². The van der Waals surface area contributed by atoms with Gasteiger partial charge in [-0.3, -0.25) is 9.80 Å². The van der Waals surface area contributed by atoms with E-state index in [1.165, 1.54) is 12.1 Å². The lowest BCUT2D eigenvalue weighted by molar-refractivity contribution is -0.0647. The highest BCUT2D eigenvalue weighted by atomic mass is 19.1. The Morgan fingerprint density at radius 3 is 2.45 bits per heavy atom. The van der Waals surface area contributed by atoms with Gasteiger partial charge >= 0.3 is 0 Å². The van der Waals surface area contributed by atoms with Crippen LogP contribution in [0.4, 0.5) is 4.39 Å². The van der Waals surface area contributed by atoms with Crippen molar-refractivity contribution in [1.82, 2.24) is 9.80 Å². The van der Waals surface area contributed by atoms with Crippen LogP contribution in [0.2, 0.25) is 0 Å². The van der Waals surface area contributed by atoms with Crippen molar-refractivity contribution in [3.63, 3.8) is 0 Å². The second-order valence-electron chi connectivity index (χ2n) is 8.68. The molecule has 0 aromatic heterocycles. The molecule has 1 N–H and O–H groups in total. The third-order valence-corrected chi connectivity index (χ3v) is 5.83. The molecule has 4 rings (SSSR count). The summed E-state index contributed by atoms with van der Waals surface area (Å²) >= 11 is 0. The second kappa shape index (κ2) is 11.8. The van der Waals surface area contributed by atoms with Gasteiger partial charge in [0.15, 0.2) is 0 Å². The molecule has 33 heavy (non-hydrogen) atoms. The van der Waals surface area contributed by atoms with Crippen LogP contribution in [0.5, 0.6) is 11.5 Å². The maximum atomic E-state index is 13.4. The minimum absolute atomic E-state index is 0.0254. The van der Waals surface area contributed by atoms with E-state index in [2.05, 4.69) is 15.9 Å². The highest BCUT2D eigenvalue weighted by molar-refractivity contribution is 5.28. The third kappa shape index (κ3) is 7.65. The van der Waals surface area contributed by atoms with Gasteiger partial charge in [0.25, 0.3) is 0 Å². The Hall–Kier alpha value is -2.23. The van der Waals surface area contributed by atoms with Crippen molar-refractivity contribution in [1.29, 1.82) is 0 Å². The van der Waals surface area contributed by atoms with Crippen molar-refractivity contribution in [2.45, 2.75) is 12.1 Å². The van der Waals surface area contributed by atoms with E-state index in [9.17, 15) is 9.50 Å². The number of nitrogens with zero attached hydrogens (tertiary/aromatic N) is 2. The zero-order valence-corrected chi connectivity index (χ0v) is 19.0. The maximum absolute atomic E-state index is 13.4. The van der Waals surface area contributed by atoms with Crippen LogP contribution in [-0.2, 0) is 16.0 Å². The van der Waals surface area contributed by atoms with Crippen LogP contribution in [0, 0.1) is 5.82 Å². The molecule has 0 spiro atoms. The SMILES string of the molecule is O[C@@]1(COc2cccc(F)c2)COCCN(Cc2cccc(OCCN3CCOCC3)c2)C1. The minimum atomic E-state index is -1.19. The van der Waals surface area contributed by atoms with E-state index >= 15 is 0 Å². The van der Waals surface area contributed by atoms with Gasteiger partial charge in [0, 0.05) is 45.3 Å². The zero-order valence-electron chi connectivity index (χ0n) is 19.0. The molecule has 180 valence electrons. The first kappa shape index (κ1) is 23.9. The number of rotatable bonds is 9. The van der Waals surface area contributed by atoms with Crippen LogP contribution >= 0.6 is 0 Å². The Labute approximate surface area is 194 Å². The van der Waals surface area contributed by atoms with Crippen LogP contribution in [0.3, 0.4) is 0 Å². The monoisotopic (exact) mass is 460 g/mol. The molecule has 2 saturated heterocycles. The van der Waals surface area contributed by atoms with Crippen molar-refractivity contribution in [3.05, 3.63) is 59.9 Å². The van der Waals surface area contributed by atoms with Crippen LogP contribution in [0.1, 0.15) is 5.56 Å². The molecule has 7 nitrogen and oxygen atoms in total. The van der Waals surface area contributed by atoms with Crippen molar-refractivity contribution >= 4 is 0 Å². The molecule has 0 unspecified atom stereocenters. The Morgan fingerprint density at radius 2 is 1.64 bits per heavy atom. The van der Waals surface area contributed by atoms with Crippen LogP contribution in [0.15, 0.2) is 48.5 Å². The van der Waals surface area contributed by atoms with Crippen molar-refractivity contribution in [2.75, 3.05) is 72.4 Å². The third-order valence-electron chi connectivity index (χ3n) is 5.83. The maximum Gasteiger partial charge on any atom is 0.134 e. The number of hydrogen-bond donors (Lipinski definition) is 1. The van der Waals surface area contributed by atoms with E-state index < -0.39 is 5.60 Å². The molecule has 0 radical (unpaired) electrons. The smallest absolute Gasteiger partial charge is 0.134 e. The molecule has 2 aromatic rings. The average Bonchev–Trinajstić information content (AvgIpc) is 3.00. The molecule has 8 heteroatoms. The Kier molecular flexibility index (Phi) is 8.52. The van der Waals surface area contributed by atoms with Gasteiger partial charge in [-0.2, -0.15) is 0 Å². The summed E-state index contributed by atoms with van der Waals surface area (Å²) in [5.41, 5.74) is -0.0797. The van der Waals surface area contributed by atoms with Gasteiger partial charge in [-0.25, -0.2) is 4.39 Å². The second-order valence-corrected chi connectivity index (χ2v) is 8.68. The van der Waals surface area contributed by atoms with Crippen molar-refractivity contribution in [2.24, 2.45) is 0 Å². The van der Waals surface area contributed by atoms with E-state index in [4.69, 9.17) is 18.9 Å². The lowest BCUT2D eigenvalue weighted by Gasteiger charge is -2.30. The average molecular weight is 461 g/mol. The Bertz CT molecular complexity index is 879. The molecule has 1 atom stereocenters. The molecule has 2 fully saturated rings. The number of halogens is 1. The highest BCUT2D eigenvalue weighted by Crippen LogP contribution is 2.20. The van der Waals surface area contributed by atoms with Gasteiger partial charge in [-0.15, -0.1) is 0 Å². The summed E-state index contributed by atoms with van der Waals surface area (Å²) < 4.78 is 36.1. The molecule has 2 aliphatic rings. The highest BCUT2D eigenvalue weighted by Gasteiger charge is 2.33. The zero-order chi connectivity index (χ0) is 22.9. The number of hydrogen-bond acceptors (Lipinski definition) is 7. The van der Waals surface area contributed by atoms with E-state index in [1.807, 2.05) is 18.2 Å². The van der Waals surface area contributed by atoms with E-state index in [-0.39, 0.29) is 19.0 Å². The normalized spacial score (nSPS) is 22.6. The summed E-state index contributed by atoms with van der Waals surface area (Å²) in [6.07, 6.45) is 0. The quantitative estimate of drug-likeness (QED) is 0.616. The summed E-state index contributed by atoms with van der Waals surface area (Å²) in [7, 11) is 0. The molecule has 2 heterocycles. The molecule has 2 aromatic carbocycles. The molecule has 0 amide bonds. The lowest BCUT2D eigenvalue weighted by atomic mass is 10.1. The van der Waals surface area contributed by atoms with E-state index in [1.54, 1.807) is 12.1 Å². The molecule has 0 bridgehead atoms. The van der Waals surface area contributed by atoms with Crippen LogP contribution < -0.4 is 9.47 Å². The standard InChI is InChI=1S/C25H33FN2O5/c26-22-4-2-6-24(16-22)33-20-25(29)18-28(9-13-31-19-25)17-21-3-1-5-23(15-21)32-14-10-27-7-11-30-12-8-27/h1-6,15-16,29H,7-14,17-20H2/t25-/m1/s1. The fourth-order valence-electron chi connectivity index (χ4n) is 4.10. The molecule has 2 aliphatic heterocycles. The number of β-amino-alcohol motifs (C(OH)–C–C–N with tert-alkyl or cyclic N) is 1. The minimum Gasteiger partial charge on any atom is -0.492 e. The topological polar surface area (TPSA) is 63.6 Å². The number of aliphatic hydroxyl groups is 1.